The number of ether oxygens (including phenoxy) is 1. The molecule has 0 atom stereocenters. The van der Waals surface area contributed by atoms with Crippen molar-refractivity contribution < 1.29 is 4.74 Å². The van der Waals surface area contributed by atoms with Crippen LogP contribution in [0.3, 0.4) is 0 Å². The zero-order valence-corrected chi connectivity index (χ0v) is 10.7. The van der Waals surface area contributed by atoms with E-state index in [2.05, 4.69) is 0 Å². The van der Waals surface area contributed by atoms with E-state index in [4.69, 9.17) is 33.7 Å². The predicted octanol–water partition coefficient (Wildman–Crippen LogP) is 3.19. The molecular weight excluding hydrogens is 245 g/mol. The highest BCUT2D eigenvalue weighted by Crippen LogP contribution is 2.24. The molecule has 0 fully saturated rings. The highest BCUT2D eigenvalue weighted by atomic mass is 35.5. The molecule has 0 bridgehead atoms. The van der Waals surface area contributed by atoms with Gasteiger partial charge in [-0.05, 0) is 31.0 Å². The van der Waals surface area contributed by atoms with Gasteiger partial charge in [0.15, 0.2) is 0 Å². The number of hydrogen-bond donors (Lipinski definition) is 1. The Morgan fingerprint density at radius 3 is 2.88 bits per heavy atom. The largest absolute Gasteiger partial charge is 0.487 e. The van der Waals surface area contributed by atoms with Gasteiger partial charge in [-0.2, -0.15) is 0 Å². The molecule has 0 radical (unpaired) electrons. The van der Waals surface area contributed by atoms with Crippen molar-refractivity contribution in [2.24, 2.45) is 5.73 Å². The minimum atomic E-state index is 0.285. The van der Waals surface area contributed by atoms with Gasteiger partial charge in [-0.25, -0.2) is 0 Å². The second kappa shape index (κ2) is 6.79. The van der Waals surface area contributed by atoms with Gasteiger partial charge in [-0.3, -0.25) is 0 Å². The summed E-state index contributed by atoms with van der Waals surface area (Å²) >= 11 is 11.2. The molecule has 16 heavy (non-hydrogen) atoms. The normalized spacial score (nSPS) is 11.6. The van der Waals surface area contributed by atoms with E-state index in [0.29, 0.717) is 11.6 Å². The maximum atomic E-state index is 5.78. The molecule has 0 amide bonds. The third-order valence-electron chi connectivity index (χ3n) is 2.18. The molecule has 2 N–H and O–H groups in total. The summed E-state index contributed by atoms with van der Waals surface area (Å²) in [5.74, 6) is 0.851. The van der Waals surface area contributed by atoms with Gasteiger partial charge < -0.3 is 10.5 Å². The monoisotopic (exact) mass is 259 g/mol. The molecule has 1 aromatic rings. The molecule has 2 nitrogen and oxygen atoms in total. The molecule has 0 aromatic heterocycles. The Bertz CT molecular complexity index is 377. The van der Waals surface area contributed by atoms with Gasteiger partial charge in [0.05, 0.1) is 5.03 Å². The van der Waals surface area contributed by atoms with Crippen molar-refractivity contribution in [1.29, 1.82) is 0 Å². The van der Waals surface area contributed by atoms with Crippen LogP contribution in [0.2, 0.25) is 0 Å². The third-order valence-corrected chi connectivity index (χ3v) is 2.77. The second-order valence-electron chi connectivity index (χ2n) is 3.45. The maximum Gasteiger partial charge on any atom is 0.125 e. The first-order chi connectivity index (χ1) is 7.69. The van der Waals surface area contributed by atoms with E-state index < -0.39 is 0 Å². The van der Waals surface area contributed by atoms with Crippen LogP contribution < -0.4 is 10.5 Å². The van der Waals surface area contributed by atoms with E-state index in [9.17, 15) is 0 Å². The van der Waals surface area contributed by atoms with E-state index >= 15 is 0 Å². The van der Waals surface area contributed by atoms with E-state index in [1.54, 1.807) is 0 Å². The summed E-state index contributed by atoms with van der Waals surface area (Å²) in [6, 6.07) is 5.99. The van der Waals surface area contributed by atoms with Crippen LogP contribution in [-0.4, -0.2) is 13.2 Å². The van der Waals surface area contributed by atoms with Crippen LogP contribution in [0.4, 0.5) is 0 Å². The first-order valence-electron chi connectivity index (χ1n) is 5.05. The number of benzene rings is 1. The molecule has 0 unspecified atom stereocenters. The first kappa shape index (κ1) is 13.4. The van der Waals surface area contributed by atoms with E-state index in [1.807, 2.05) is 25.1 Å². The van der Waals surface area contributed by atoms with Crippen LogP contribution in [-0.2, 0) is 6.42 Å². The number of para-hydroxylation sites is 1. The predicted molar refractivity (Wildman–Crippen MR) is 69.2 cm³/mol. The van der Waals surface area contributed by atoms with Crippen LogP contribution in [0.15, 0.2) is 28.8 Å². The Kier molecular flexibility index (Phi) is 5.67. The van der Waals surface area contributed by atoms with Gasteiger partial charge in [0.25, 0.3) is 0 Å². The molecule has 0 heterocycles. The van der Waals surface area contributed by atoms with Gasteiger partial charge in [-0.15, -0.1) is 0 Å². The molecule has 1 rings (SSSR count). The highest BCUT2D eigenvalue weighted by Gasteiger charge is 2.06. The lowest BCUT2D eigenvalue weighted by Gasteiger charge is -2.13. The highest BCUT2D eigenvalue weighted by molar-refractivity contribution is 6.36. The summed E-state index contributed by atoms with van der Waals surface area (Å²) in [5.41, 5.74) is 9.03. The van der Waals surface area contributed by atoms with Crippen molar-refractivity contribution in [1.82, 2.24) is 0 Å². The van der Waals surface area contributed by atoms with Gasteiger partial charge in [0.1, 0.15) is 12.4 Å². The smallest absolute Gasteiger partial charge is 0.125 e. The standard InChI is InChI=1S/C12H15Cl2NO/c1-9-3-2-4-10(5-6-15)12(9)16-8-11(14)7-13/h2-4,7H,5-6,8,15H2,1H3/b11-7-. The lowest BCUT2D eigenvalue weighted by atomic mass is 10.1. The zero-order valence-electron chi connectivity index (χ0n) is 9.17. The fraction of sp³-hybridized carbons (Fsp3) is 0.333. The minimum Gasteiger partial charge on any atom is -0.487 e. The number of rotatable bonds is 5. The van der Waals surface area contributed by atoms with Crippen LogP contribution in [0.25, 0.3) is 0 Å². The Labute approximate surface area is 106 Å². The second-order valence-corrected chi connectivity index (χ2v) is 4.15. The number of nitrogens with two attached hydrogens (primary N) is 1. The Hall–Kier alpha value is -0.700. The summed E-state index contributed by atoms with van der Waals surface area (Å²) in [5, 5.41) is 0.476. The molecule has 4 heteroatoms. The molecule has 0 saturated heterocycles. The first-order valence-corrected chi connectivity index (χ1v) is 5.86. The molecule has 0 aliphatic rings. The Morgan fingerprint density at radius 1 is 1.50 bits per heavy atom. The summed E-state index contributed by atoms with van der Waals surface area (Å²) in [7, 11) is 0. The minimum absolute atomic E-state index is 0.285. The molecule has 0 saturated carbocycles. The van der Waals surface area contributed by atoms with Gasteiger partial charge >= 0.3 is 0 Å². The van der Waals surface area contributed by atoms with Gasteiger partial charge in [0.2, 0.25) is 0 Å². The van der Waals surface area contributed by atoms with E-state index in [0.717, 1.165) is 23.3 Å². The summed E-state index contributed by atoms with van der Waals surface area (Å²) in [6.45, 7) is 2.88. The van der Waals surface area contributed by atoms with Crippen molar-refractivity contribution in [3.05, 3.63) is 39.9 Å². The van der Waals surface area contributed by atoms with Crippen LogP contribution >= 0.6 is 23.2 Å². The SMILES string of the molecule is Cc1cccc(CCN)c1OC/C(Cl)=C/Cl. The Morgan fingerprint density at radius 2 is 2.25 bits per heavy atom. The van der Waals surface area contributed by atoms with Gasteiger partial charge in [0, 0.05) is 5.54 Å². The number of hydrogen-bond acceptors (Lipinski definition) is 2. The van der Waals surface area contributed by atoms with E-state index in [1.165, 1.54) is 5.54 Å². The molecule has 0 aliphatic heterocycles. The van der Waals surface area contributed by atoms with Crippen LogP contribution in [0.5, 0.6) is 5.75 Å². The fourth-order valence-corrected chi connectivity index (χ4v) is 1.56. The van der Waals surface area contributed by atoms with Crippen molar-refractivity contribution >= 4 is 23.2 Å². The molecule has 88 valence electrons. The van der Waals surface area contributed by atoms with E-state index in [-0.39, 0.29) is 6.61 Å². The summed E-state index contributed by atoms with van der Waals surface area (Å²) in [4.78, 5) is 0. The Balaban J connectivity index is 2.83. The van der Waals surface area contributed by atoms with Gasteiger partial charge in [-0.1, -0.05) is 41.4 Å². The zero-order chi connectivity index (χ0) is 12.0. The van der Waals surface area contributed by atoms with Crippen molar-refractivity contribution in [2.75, 3.05) is 13.2 Å². The topological polar surface area (TPSA) is 35.2 Å². The maximum absolute atomic E-state index is 5.78. The van der Waals surface area contributed by atoms with Crippen molar-refractivity contribution in [3.8, 4) is 5.75 Å². The third kappa shape index (κ3) is 3.71. The van der Waals surface area contributed by atoms with Crippen LogP contribution in [0.1, 0.15) is 11.1 Å². The molecular formula is C12H15Cl2NO. The lowest BCUT2D eigenvalue weighted by Crippen LogP contribution is -2.07. The number of aryl methyl sites for hydroxylation is 1. The van der Waals surface area contributed by atoms with Crippen molar-refractivity contribution in [2.45, 2.75) is 13.3 Å². The average Bonchev–Trinajstić information content (AvgIpc) is 2.28. The fourth-order valence-electron chi connectivity index (χ4n) is 1.44. The van der Waals surface area contributed by atoms with Crippen LogP contribution in [0, 0.1) is 6.92 Å². The number of halogens is 2. The molecule has 0 aliphatic carbocycles. The molecule has 1 aromatic carbocycles. The lowest BCUT2D eigenvalue weighted by molar-refractivity contribution is 0.353. The average molecular weight is 260 g/mol. The molecule has 0 spiro atoms. The van der Waals surface area contributed by atoms with Crippen molar-refractivity contribution in [3.63, 3.8) is 0 Å². The summed E-state index contributed by atoms with van der Waals surface area (Å²) in [6.07, 6.45) is 0.791. The quantitative estimate of drug-likeness (QED) is 0.882. The summed E-state index contributed by atoms with van der Waals surface area (Å²) < 4.78 is 5.63.